The van der Waals surface area contributed by atoms with Gasteiger partial charge in [0.25, 0.3) is 0 Å². The van der Waals surface area contributed by atoms with E-state index in [0.29, 0.717) is 19.1 Å². The van der Waals surface area contributed by atoms with E-state index in [1.54, 1.807) is 0 Å². The first-order valence-corrected chi connectivity index (χ1v) is 8.95. The van der Waals surface area contributed by atoms with E-state index in [-0.39, 0.29) is 23.8 Å². The maximum Gasteiger partial charge on any atom is 0.308 e. The summed E-state index contributed by atoms with van der Waals surface area (Å²) in [6.07, 6.45) is 7.54. The molecule has 0 spiro atoms. The first kappa shape index (κ1) is 19.0. The van der Waals surface area contributed by atoms with Crippen LogP contribution < -0.4 is 0 Å². The quantitative estimate of drug-likeness (QED) is 0.601. The Morgan fingerprint density at radius 3 is 1.95 bits per heavy atom. The second-order valence-electron chi connectivity index (χ2n) is 6.35. The molecule has 1 aliphatic rings. The summed E-state index contributed by atoms with van der Waals surface area (Å²) < 4.78 is 10.6. The van der Waals surface area contributed by atoms with E-state index in [1.807, 2.05) is 6.92 Å². The molecule has 0 saturated heterocycles. The molecule has 128 valence electrons. The van der Waals surface area contributed by atoms with E-state index < -0.39 is 0 Å². The lowest BCUT2D eigenvalue weighted by molar-refractivity contribution is -0.155. The molecule has 22 heavy (non-hydrogen) atoms. The van der Waals surface area contributed by atoms with Gasteiger partial charge in [-0.2, -0.15) is 0 Å². The fourth-order valence-electron chi connectivity index (χ4n) is 3.04. The highest BCUT2D eigenvalue weighted by Gasteiger charge is 2.31. The second kappa shape index (κ2) is 10.6. The Morgan fingerprint density at radius 2 is 1.50 bits per heavy atom. The minimum Gasteiger partial charge on any atom is -0.466 e. The summed E-state index contributed by atoms with van der Waals surface area (Å²) in [4.78, 5) is 23.8. The summed E-state index contributed by atoms with van der Waals surface area (Å²) in [7, 11) is 0. The lowest BCUT2D eigenvalue weighted by atomic mass is 9.82. The molecule has 0 aromatic rings. The molecule has 1 aliphatic carbocycles. The molecule has 4 heteroatoms. The zero-order valence-electron chi connectivity index (χ0n) is 14.4. The third-order valence-corrected chi connectivity index (χ3v) is 4.69. The van der Waals surface area contributed by atoms with Gasteiger partial charge in [0.05, 0.1) is 25.0 Å². The summed E-state index contributed by atoms with van der Waals surface area (Å²) in [5.74, 6) is 0.239. The zero-order chi connectivity index (χ0) is 16.4. The van der Waals surface area contributed by atoms with E-state index in [9.17, 15) is 9.59 Å². The van der Waals surface area contributed by atoms with Gasteiger partial charge in [-0.1, -0.05) is 33.1 Å². The topological polar surface area (TPSA) is 52.6 Å². The van der Waals surface area contributed by atoms with Crippen molar-refractivity contribution in [2.75, 3.05) is 13.2 Å². The molecular weight excluding hydrogens is 280 g/mol. The molecule has 4 nitrogen and oxygen atoms in total. The molecule has 1 unspecified atom stereocenters. The summed E-state index contributed by atoms with van der Waals surface area (Å²) >= 11 is 0. The molecule has 1 fully saturated rings. The predicted molar refractivity (Wildman–Crippen MR) is 86.3 cm³/mol. The lowest BCUT2D eigenvalue weighted by Crippen LogP contribution is -2.29. The molecule has 0 aromatic heterocycles. The minimum atomic E-state index is -0.111. The van der Waals surface area contributed by atoms with Gasteiger partial charge in [-0.05, 0) is 44.9 Å². The predicted octanol–water partition coefficient (Wildman–Crippen LogP) is 4.12. The number of carbonyl (C=O) groups is 2. The Morgan fingerprint density at radius 1 is 0.955 bits per heavy atom. The van der Waals surface area contributed by atoms with Crippen LogP contribution in [0.4, 0.5) is 0 Å². The van der Waals surface area contributed by atoms with E-state index in [2.05, 4.69) is 13.8 Å². The molecule has 0 N–H and O–H groups in total. The Bertz CT molecular complexity index is 332. The third kappa shape index (κ3) is 6.37. The van der Waals surface area contributed by atoms with Crippen LogP contribution in [0.25, 0.3) is 0 Å². The van der Waals surface area contributed by atoms with Crippen LogP contribution in [0, 0.1) is 17.8 Å². The highest BCUT2D eigenvalue weighted by Crippen LogP contribution is 2.30. The van der Waals surface area contributed by atoms with Crippen LogP contribution in [-0.2, 0) is 19.1 Å². The van der Waals surface area contributed by atoms with Gasteiger partial charge in [0.15, 0.2) is 0 Å². The van der Waals surface area contributed by atoms with E-state index in [1.165, 1.54) is 12.8 Å². The van der Waals surface area contributed by atoms with E-state index in [4.69, 9.17) is 9.47 Å². The number of ether oxygens (including phenoxy) is 2. The average Bonchev–Trinajstić information content (AvgIpc) is 2.55. The smallest absolute Gasteiger partial charge is 0.308 e. The van der Waals surface area contributed by atoms with E-state index in [0.717, 1.165) is 38.5 Å². The van der Waals surface area contributed by atoms with Crippen molar-refractivity contribution in [3.8, 4) is 0 Å². The van der Waals surface area contributed by atoms with Gasteiger partial charge in [-0.3, -0.25) is 9.59 Å². The van der Waals surface area contributed by atoms with Crippen molar-refractivity contribution >= 4 is 11.9 Å². The van der Waals surface area contributed by atoms with Gasteiger partial charge < -0.3 is 9.47 Å². The number of hydrogen-bond acceptors (Lipinski definition) is 4. The Kier molecular flexibility index (Phi) is 9.17. The lowest BCUT2D eigenvalue weighted by Gasteiger charge is -2.26. The number of rotatable bonds is 9. The van der Waals surface area contributed by atoms with Crippen molar-refractivity contribution in [1.82, 2.24) is 0 Å². The van der Waals surface area contributed by atoms with Gasteiger partial charge in [0.1, 0.15) is 0 Å². The Labute approximate surface area is 134 Å². The minimum absolute atomic E-state index is 0.0306. The van der Waals surface area contributed by atoms with Gasteiger partial charge in [-0.15, -0.1) is 0 Å². The first-order chi connectivity index (χ1) is 10.6. The van der Waals surface area contributed by atoms with Crippen molar-refractivity contribution < 1.29 is 19.1 Å². The van der Waals surface area contributed by atoms with Crippen molar-refractivity contribution in [1.29, 1.82) is 0 Å². The molecule has 0 heterocycles. The highest BCUT2D eigenvalue weighted by atomic mass is 16.5. The van der Waals surface area contributed by atoms with Gasteiger partial charge >= 0.3 is 11.9 Å². The second-order valence-corrected chi connectivity index (χ2v) is 6.35. The fraction of sp³-hybridized carbons (Fsp3) is 0.889. The molecule has 1 atom stereocenters. The third-order valence-electron chi connectivity index (χ3n) is 4.69. The highest BCUT2D eigenvalue weighted by molar-refractivity contribution is 5.75. The van der Waals surface area contributed by atoms with Crippen LogP contribution in [0.3, 0.4) is 0 Å². The number of esters is 2. The largest absolute Gasteiger partial charge is 0.466 e. The summed E-state index contributed by atoms with van der Waals surface area (Å²) in [5, 5.41) is 0. The standard InChI is InChI=1S/C18H32O4/c1-4-7-8-14(5-2)13-22-18(20)16-11-9-15(10-12-16)17(19)21-6-3/h14-16H,4-13H2,1-3H3. The van der Waals surface area contributed by atoms with Crippen molar-refractivity contribution in [2.45, 2.75) is 72.1 Å². The molecule has 0 radical (unpaired) electrons. The number of unbranched alkanes of at least 4 members (excludes halogenated alkanes) is 1. The Balaban J connectivity index is 2.28. The van der Waals surface area contributed by atoms with Crippen molar-refractivity contribution in [2.24, 2.45) is 17.8 Å². The molecule has 0 bridgehead atoms. The maximum atomic E-state index is 12.2. The molecule has 0 amide bonds. The summed E-state index contributed by atoms with van der Waals surface area (Å²) in [6.45, 7) is 7.13. The summed E-state index contributed by atoms with van der Waals surface area (Å²) in [5.41, 5.74) is 0. The molecule has 0 aliphatic heterocycles. The van der Waals surface area contributed by atoms with E-state index >= 15 is 0 Å². The van der Waals surface area contributed by atoms with Crippen LogP contribution >= 0.6 is 0 Å². The monoisotopic (exact) mass is 312 g/mol. The number of carbonyl (C=O) groups excluding carboxylic acids is 2. The fourth-order valence-corrected chi connectivity index (χ4v) is 3.04. The number of hydrogen-bond donors (Lipinski definition) is 0. The average molecular weight is 312 g/mol. The Hall–Kier alpha value is -1.06. The maximum absolute atomic E-state index is 12.2. The molecule has 1 saturated carbocycles. The molecule has 0 aromatic carbocycles. The van der Waals surface area contributed by atoms with Crippen LogP contribution in [0.5, 0.6) is 0 Å². The van der Waals surface area contributed by atoms with Gasteiger partial charge in [0, 0.05) is 0 Å². The van der Waals surface area contributed by atoms with Crippen LogP contribution in [0.15, 0.2) is 0 Å². The van der Waals surface area contributed by atoms with Crippen LogP contribution in [0.1, 0.15) is 72.1 Å². The molecular formula is C18H32O4. The first-order valence-electron chi connectivity index (χ1n) is 8.95. The van der Waals surface area contributed by atoms with Gasteiger partial charge in [-0.25, -0.2) is 0 Å². The van der Waals surface area contributed by atoms with Crippen LogP contribution in [-0.4, -0.2) is 25.2 Å². The summed E-state index contributed by atoms with van der Waals surface area (Å²) in [6, 6.07) is 0. The zero-order valence-corrected chi connectivity index (χ0v) is 14.4. The van der Waals surface area contributed by atoms with Crippen LogP contribution in [0.2, 0.25) is 0 Å². The van der Waals surface area contributed by atoms with Crippen molar-refractivity contribution in [3.05, 3.63) is 0 Å². The molecule has 1 rings (SSSR count). The van der Waals surface area contributed by atoms with Gasteiger partial charge in [0.2, 0.25) is 0 Å². The SMILES string of the molecule is CCCCC(CC)COC(=O)C1CCC(C(=O)OCC)CC1. The normalized spacial score (nSPS) is 22.9. The van der Waals surface area contributed by atoms with Crippen molar-refractivity contribution in [3.63, 3.8) is 0 Å².